The minimum Gasteiger partial charge on any atom is 0 e. The van der Waals surface area contributed by atoms with Gasteiger partial charge in [-0.3, -0.25) is 4.79 Å². The van der Waals surface area contributed by atoms with Gasteiger partial charge >= 0.3 is 190 Å². The van der Waals surface area contributed by atoms with Crippen LogP contribution < -0.4 is 0 Å². The van der Waals surface area contributed by atoms with E-state index in [4.69, 9.17) is 9.97 Å². The molecule has 0 spiro atoms. The van der Waals surface area contributed by atoms with E-state index >= 15 is 0 Å². The molecule has 2 heterocycles. The predicted molar refractivity (Wildman–Crippen MR) is 193 cm³/mol. The summed E-state index contributed by atoms with van der Waals surface area (Å²) < 4.78 is 4.83. The van der Waals surface area contributed by atoms with Gasteiger partial charge < -0.3 is 5.11 Å². The summed E-state index contributed by atoms with van der Waals surface area (Å²) in [6.45, 7) is 19.2. The van der Waals surface area contributed by atoms with Crippen LogP contribution in [0.2, 0.25) is 0 Å². The number of hydrogen-bond acceptors (Lipinski definition) is 4. The van der Waals surface area contributed by atoms with Gasteiger partial charge in [0.25, 0.3) is 0 Å². The first-order chi connectivity index (χ1) is 21.4. The summed E-state index contributed by atoms with van der Waals surface area (Å²) in [6.07, 6.45) is 4.91. The van der Waals surface area contributed by atoms with Crippen molar-refractivity contribution in [3.8, 4) is 20.3 Å². The van der Waals surface area contributed by atoms with Crippen LogP contribution in [0, 0.1) is 31.7 Å². The molecule has 0 bridgehead atoms. The normalized spacial score (nSPS) is 12.0. The number of aromatic nitrogens is 2. The molecule has 0 aliphatic heterocycles. The Kier molecular flexibility index (Phi) is 14.0. The second-order valence-electron chi connectivity index (χ2n) is 12.9. The van der Waals surface area contributed by atoms with Gasteiger partial charge in [0.05, 0.1) is 5.76 Å². The second-order valence-corrected chi connectivity index (χ2v) is 17.0. The number of hydrogen-bond donors (Lipinski definition) is 1. The van der Waals surface area contributed by atoms with E-state index in [2.05, 4.69) is 89.2 Å². The van der Waals surface area contributed by atoms with E-state index in [-0.39, 0.29) is 77.9 Å². The monoisotopic (exact) mass is 928 g/mol. The zero-order chi connectivity index (χ0) is 32.9. The van der Waals surface area contributed by atoms with Crippen LogP contribution in [0.25, 0.3) is 39.8 Å². The Balaban J connectivity index is 0.000000309. The van der Waals surface area contributed by atoms with Gasteiger partial charge in [-0.25, -0.2) is 0 Å². The molecular weight excluding hydrogens is 879 g/mol. The molecule has 5 rings (SSSR count). The van der Waals surface area contributed by atoms with Crippen LogP contribution in [0.5, 0.6) is 0 Å². The van der Waals surface area contributed by atoms with Gasteiger partial charge in [0, 0.05) is 38.0 Å². The van der Waals surface area contributed by atoms with Gasteiger partial charge in [-0.1, -0.05) is 27.7 Å². The molecule has 4 nitrogen and oxygen atoms in total. The molecular formula is C39H47IrN2O2Se2-. The molecule has 0 fully saturated rings. The number of carbonyl (C=O) groups is 1. The largest absolute Gasteiger partial charge is 0 e. The Bertz CT molecular complexity index is 1750. The first-order valence-corrected chi connectivity index (χ1v) is 19.6. The summed E-state index contributed by atoms with van der Waals surface area (Å²) in [5, 5.41) is 12.2. The molecule has 0 aliphatic carbocycles. The zero-order valence-corrected chi connectivity index (χ0v) is 34.4. The molecule has 1 N–H and O–H groups in total. The van der Waals surface area contributed by atoms with Crippen LogP contribution in [0.15, 0.2) is 60.4 Å². The number of aliphatic hydroxyl groups excluding tert-OH is 1. The van der Waals surface area contributed by atoms with Crippen LogP contribution >= 0.6 is 0 Å². The van der Waals surface area contributed by atoms with Gasteiger partial charge in [0.15, 0.2) is 5.78 Å². The van der Waals surface area contributed by atoms with Gasteiger partial charge in [-0.05, 0) is 25.7 Å². The number of ketones is 1. The Hall–Kier alpha value is -2.10. The van der Waals surface area contributed by atoms with Crippen LogP contribution in [-0.4, -0.2) is 49.9 Å². The number of benzene rings is 3. The summed E-state index contributed by atoms with van der Waals surface area (Å²) >= 11 is 0.328. The van der Waals surface area contributed by atoms with Crippen molar-refractivity contribution >= 4 is 54.3 Å². The van der Waals surface area contributed by atoms with Crippen LogP contribution in [0.3, 0.4) is 0 Å². The summed E-state index contributed by atoms with van der Waals surface area (Å²) in [4.78, 5) is 21.8. The standard InChI is InChI=1S/C26H23N2Se2.C13H24O2.Ir/c1-15-10-16(2)12-18(11-15)22-27-24-25(29-22)28-23(30-24)19-13-17-8-6-7-9-20(17)21(14-19)26(3,4)5;1-5-10(6-2)12(14)9-13(15)11(7-3)8-4;/h6-12,14H,1-5H3;9-11,14H,5-8H2,1-4H3;/q-1;;/b;12-9-;. The molecule has 247 valence electrons. The molecule has 0 aliphatic rings. The number of allylic oxidation sites excluding steroid dienone is 2. The smallest absolute Gasteiger partial charge is 0 e. The minimum absolute atomic E-state index is 0. The quantitative estimate of drug-likeness (QED) is 0.0693. The van der Waals surface area contributed by atoms with Crippen LogP contribution in [-0.2, 0) is 30.3 Å². The average molecular weight is 926 g/mol. The van der Waals surface area contributed by atoms with Crippen molar-refractivity contribution in [1.82, 2.24) is 9.97 Å². The number of carbonyl (C=O) groups excluding carboxylic acids is 1. The van der Waals surface area contributed by atoms with Gasteiger partial charge in [0.2, 0.25) is 0 Å². The summed E-state index contributed by atoms with van der Waals surface area (Å²) in [7, 11) is 0. The van der Waals surface area contributed by atoms with E-state index in [9.17, 15) is 9.90 Å². The topological polar surface area (TPSA) is 63.1 Å². The van der Waals surface area contributed by atoms with Crippen LogP contribution in [0.4, 0.5) is 0 Å². The number of aryl methyl sites for hydroxylation is 2. The van der Waals surface area contributed by atoms with Gasteiger partial charge in [0.1, 0.15) is 0 Å². The average Bonchev–Trinajstić information content (AvgIpc) is 3.57. The summed E-state index contributed by atoms with van der Waals surface area (Å²) in [5.74, 6) is 0.547. The number of nitrogens with zero attached hydrogens (tertiary/aromatic N) is 2. The molecule has 0 saturated heterocycles. The molecule has 0 saturated carbocycles. The molecule has 2 aromatic heterocycles. The second kappa shape index (κ2) is 16.8. The molecule has 0 amide bonds. The molecule has 1 radical (unpaired) electrons. The molecule has 0 unspecified atom stereocenters. The van der Waals surface area contributed by atoms with Crippen molar-refractivity contribution in [3.63, 3.8) is 0 Å². The third kappa shape index (κ3) is 9.28. The van der Waals surface area contributed by atoms with E-state index in [0.29, 0.717) is 0 Å². The van der Waals surface area contributed by atoms with Crippen LogP contribution in [0.1, 0.15) is 90.8 Å². The van der Waals surface area contributed by atoms with E-state index in [1.54, 1.807) is 0 Å². The fourth-order valence-electron chi connectivity index (χ4n) is 5.72. The maximum atomic E-state index is 11.7. The maximum absolute atomic E-state index is 11.7. The maximum Gasteiger partial charge on any atom is 0 e. The van der Waals surface area contributed by atoms with Gasteiger partial charge in [-0.15, -0.1) is 0 Å². The third-order valence-corrected chi connectivity index (χ3v) is 13.2. The molecule has 7 heteroatoms. The van der Waals surface area contributed by atoms with E-state index in [0.717, 1.165) is 31.2 Å². The first-order valence-electron chi connectivity index (χ1n) is 16.1. The van der Waals surface area contributed by atoms with Crippen molar-refractivity contribution in [2.24, 2.45) is 11.8 Å². The number of aliphatic hydroxyl groups is 1. The summed E-state index contributed by atoms with van der Waals surface area (Å²) in [5.41, 5.74) is 6.44. The molecule has 3 aromatic carbocycles. The van der Waals surface area contributed by atoms with Gasteiger partial charge in [-0.2, -0.15) is 0 Å². The van der Waals surface area contributed by atoms with Crippen molar-refractivity contribution in [2.75, 3.05) is 0 Å². The van der Waals surface area contributed by atoms with Crippen molar-refractivity contribution < 1.29 is 30.0 Å². The van der Waals surface area contributed by atoms with E-state index < -0.39 is 0 Å². The molecule has 46 heavy (non-hydrogen) atoms. The first kappa shape index (κ1) is 38.3. The Morgan fingerprint density at radius 2 is 1.39 bits per heavy atom. The minimum atomic E-state index is 0. The Morgan fingerprint density at radius 1 is 0.848 bits per heavy atom. The third-order valence-electron chi connectivity index (χ3n) is 8.34. The van der Waals surface area contributed by atoms with E-state index in [1.165, 1.54) is 57.0 Å². The fourth-order valence-corrected chi connectivity index (χ4v) is 10.6. The predicted octanol–water partition coefficient (Wildman–Crippen LogP) is 9.81. The summed E-state index contributed by atoms with van der Waals surface area (Å²) in [6, 6.07) is 21.3. The van der Waals surface area contributed by atoms with Crippen molar-refractivity contribution in [3.05, 3.63) is 83.1 Å². The van der Waals surface area contributed by atoms with E-state index in [1.807, 2.05) is 27.7 Å². The molecule has 0 atom stereocenters. The number of fused-ring (bicyclic) bond motifs is 2. The van der Waals surface area contributed by atoms with Crippen molar-refractivity contribution in [1.29, 1.82) is 0 Å². The zero-order valence-electron chi connectivity index (χ0n) is 28.6. The fraction of sp³-hybridized carbons (Fsp3) is 0.410. The Morgan fingerprint density at radius 3 is 1.96 bits per heavy atom. The van der Waals surface area contributed by atoms with Crippen molar-refractivity contribution in [2.45, 2.75) is 93.4 Å². The molecule has 5 aromatic rings. The SMILES string of the molecule is CCC(CC)C(=O)/C=C(\O)C(CC)CC.Cc1cc(C)cc(-c2nc3[se]c(-c4[c-]c5ccccc5c(C(C)(C)C)c4)nc3[se]2)c1.[Ir]. The Labute approximate surface area is 301 Å². The number of rotatable bonds is 9.